The van der Waals surface area contributed by atoms with Crippen LogP contribution < -0.4 is 5.32 Å². The summed E-state index contributed by atoms with van der Waals surface area (Å²) in [5.41, 5.74) is 1.43. The van der Waals surface area contributed by atoms with Crippen molar-refractivity contribution in [2.75, 3.05) is 11.6 Å². The summed E-state index contributed by atoms with van der Waals surface area (Å²) in [7, 11) is 1.85. The maximum atomic E-state index is 12.1. The fraction of sp³-hybridized carbons (Fsp3) is 0.154. The predicted molar refractivity (Wildman–Crippen MR) is 79.3 cm³/mol. The van der Waals surface area contributed by atoms with Crippen molar-refractivity contribution >= 4 is 39.3 Å². The molecule has 1 heterocycles. The first-order valence-electron chi connectivity index (χ1n) is 5.37. The molecule has 1 N–H and O–H groups in total. The molecular weight excluding hydrogens is 312 g/mol. The van der Waals surface area contributed by atoms with E-state index in [1.165, 1.54) is 0 Å². The molecule has 0 unspecified atom stereocenters. The molecule has 0 saturated carbocycles. The maximum Gasteiger partial charge on any atom is 0.272 e. The Kier molecular flexibility index (Phi) is 4.14. The van der Waals surface area contributed by atoms with E-state index in [-0.39, 0.29) is 5.91 Å². The van der Waals surface area contributed by atoms with Crippen LogP contribution in [0, 0.1) is 0 Å². The van der Waals surface area contributed by atoms with E-state index in [4.69, 9.17) is 0 Å². The van der Waals surface area contributed by atoms with E-state index in [0.29, 0.717) is 5.69 Å². The molecule has 1 amide bonds. The number of carbonyl (C=O) groups is 1. The average Bonchev–Trinajstić information content (AvgIpc) is 2.69. The van der Waals surface area contributed by atoms with Gasteiger partial charge in [-0.3, -0.25) is 4.79 Å². The number of hydrogen-bond acceptors (Lipinski definition) is 2. The number of aryl methyl sites for hydroxylation is 1. The lowest BCUT2D eigenvalue weighted by Crippen LogP contribution is -2.15. The zero-order valence-corrected chi connectivity index (χ0v) is 12.5. The van der Waals surface area contributed by atoms with Crippen molar-refractivity contribution in [3.8, 4) is 0 Å². The van der Waals surface area contributed by atoms with Gasteiger partial charge < -0.3 is 9.88 Å². The number of hydrogen-bond donors (Lipinski definition) is 1. The normalized spacial score (nSPS) is 10.4. The molecule has 0 aliphatic carbocycles. The Morgan fingerprint density at radius 2 is 2.17 bits per heavy atom. The second-order valence-electron chi connectivity index (χ2n) is 3.84. The molecule has 5 heteroatoms. The first kappa shape index (κ1) is 13.2. The van der Waals surface area contributed by atoms with Gasteiger partial charge in [0.25, 0.3) is 5.91 Å². The number of benzene rings is 1. The summed E-state index contributed by atoms with van der Waals surface area (Å²) in [5.74, 6) is -0.110. The fourth-order valence-corrected chi connectivity index (χ4v) is 2.63. The zero-order valence-electron chi connectivity index (χ0n) is 10.1. The van der Waals surface area contributed by atoms with Crippen LogP contribution in [0.3, 0.4) is 0 Å². The van der Waals surface area contributed by atoms with Crippen LogP contribution >= 0.6 is 27.7 Å². The minimum Gasteiger partial charge on any atom is -0.345 e. The zero-order chi connectivity index (χ0) is 13.1. The minimum absolute atomic E-state index is 0.110. The quantitative estimate of drug-likeness (QED) is 0.872. The minimum atomic E-state index is -0.110. The van der Waals surface area contributed by atoms with Gasteiger partial charge in [-0.1, -0.05) is 6.07 Å². The third kappa shape index (κ3) is 2.97. The summed E-state index contributed by atoms with van der Waals surface area (Å²) in [6.45, 7) is 0. The Morgan fingerprint density at radius 3 is 2.78 bits per heavy atom. The number of amides is 1. The van der Waals surface area contributed by atoms with Crippen molar-refractivity contribution in [3.63, 3.8) is 0 Å². The van der Waals surface area contributed by atoms with Crippen LogP contribution in [0.2, 0.25) is 0 Å². The van der Waals surface area contributed by atoms with E-state index in [1.807, 2.05) is 43.8 Å². The lowest BCUT2D eigenvalue weighted by Gasteiger charge is -2.07. The topological polar surface area (TPSA) is 34.0 Å². The van der Waals surface area contributed by atoms with Gasteiger partial charge in [-0.2, -0.15) is 0 Å². The summed E-state index contributed by atoms with van der Waals surface area (Å²) in [6, 6.07) is 9.59. The number of aromatic nitrogens is 1. The van der Waals surface area contributed by atoms with Gasteiger partial charge in [-0.25, -0.2) is 0 Å². The molecule has 1 aromatic heterocycles. The van der Waals surface area contributed by atoms with Crippen LogP contribution in [-0.4, -0.2) is 16.7 Å². The molecule has 2 aromatic rings. The van der Waals surface area contributed by atoms with Crippen molar-refractivity contribution in [2.45, 2.75) is 4.90 Å². The molecule has 94 valence electrons. The SMILES string of the molecule is CSc1cccc(NC(=O)c2cc(Br)cn2C)c1. The van der Waals surface area contributed by atoms with Gasteiger partial charge in [0.2, 0.25) is 0 Å². The van der Waals surface area contributed by atoms with Crippen molar-refractivity contribution in [2.24, 2.45) is 7.05 Å². The number of carbonyl (C=O) groups excluding carboxylic acids is 1. The van der Waals surface area contributed by atoms with Crippen LogP contribution in [-0.2, 0) is 7.05 Å². The fourth-order valence-electron chi connectivity index (χ4n) is 1.65. The number of anilines is 1. The average molecular weight is 325 g/mol. The monoisotopic (exact) mass is 324 g/mol. The Balaban J connectivity index is 2.18. The van der Waals surface area contributed by atoms with Crippen molar-refractivity contribution in [1.82, 2.24) is 4.57 Å². The van der Waals surface area contributed by atoms with Gasteiger partial charge in [0.15, 0.2) is 0 Å². The van der Waals surface area contributed by atoms with E-state index in [9.17, 15) is 4.79 Å². The summed E-state index contributed by atoms with van der Waals surface area (Å²) in [5, 5.41) is 2.89. The van der Waals surface area contributed by atoms with Crippen LogP contribution in [0.5, 0.6) is 0 Å². The van der Waals surface area contributed by atoms with Gasteiger partial charge in [-0.15, -0.1) is 11.8 Å². The standard InChI is InChI=1S/C13H13BrN2OS/c1-16-8-9(14)6-12(16)13(17)15-10-4-3-5-11(7-10)18-2/h3-8H,1-2H3,(H,15,17). The van der Waals surface area contributed by atoms with E-state index in [0.717, 1.165) is 15.1 Å². The van der Waals surface area contributed by atoms with Gasteiger partial charge in [0.05, 0.1) is 0 Å². The van der Waals surface area contributed by atoms with Crippen molar-refractivity contribution < 1.29 is 4.79 Å². The van der Waals surface area contributed by atoms with Crippen molar-refractivity contribution in [1.29, 1.82) is 0 Å². The van der Waals surface area contributed by atoms with Crippen LogP contribution in [0.4, 0.5) is 5.69 Å². The molecular formula is C13H13BrN2OS. The number of nitrogens with zero attached hydrogens (tertiary/aromatic N) is 1. The maximum absolute atomic E-state index is 12.1. The Bertz CT molecular complexity index is 580. The molecule has 0 fully saturated rings. The smallest absolute Gasteiger partial charge is 0.272 e. The number of halogens is 1. The molecule has 2 rings (SSSR count). The number of rotatable bonds is 3. The summed E-state index contributed by atoms with van der Waals surface area (Å²) in [6.07, 6.45) is 3.86. The van der Waals surface area contributed by atoms with Gasteiger partial charge in [0.1, 0.15) is 5.69 Å². The van der Waals surface area contributed by atoms with Gasteiger partial charge >= 0.3 is 0 Å². The van der Waals surface area contributed by atoms with E-state index in [2.05, 4.69) is 21.2 Å². The number of thioether (sulfide) groups is 1. The molecule has 0 radical (unpaired) electrons. The highest BCUT2D eigenvalue weighted by Gasteiger charge is 2.11. The summed E-state index contributed by atoms with van der Waals surface area (Å²) < 4.78 is 2.69. The molecule has 0 aliphatic rings. The molecule has 0 spiro atoms. The molecule has 18 heavy (non-hydrogen) atoms. The largest absolute Gasteiger partial charge is 0.345 e. The van der Waals surface area contributed by atoms with Gasteiger partial charge in [-0.05, 0) is 46.5 Å². The highest BCUT2D eigenvalue weighted by atomic mass is 79.9. The lowest BCUT2D eigenvalue weighted by molar-refractivity contribution is 0.101. The Hall–Kier alpha value is -1.20. The Morgan fingerprint density at radius 1 is 1.39 bits per heavy atom. The van der Waals surface area contributed by atoms with E-state index in [1.54, 1.807) is 22.4 Å². The first-order valence-corrected chi connectivity index (χ1v) is 7.39. The highest BCUT2D eigenvalue weighted by Crippen LogP contribution is 2.20. The predicted octanol–water partition coefficient (Wildman–Crippen LogP) is 3.76. The van der Waals surface area contributed by atoms with E-state index < -0.39 is 0 Å². The molecule has 0 bridgehead atoms. The third-order valence-corrected chi connectivity index (χ3v) is 3.69. The molecule has 0 saturated heterocycles. The second-order valence-corrected chi connectivity index (χ2v) is 5.64. The third-order valence-electron chi connectivity index (χ3n) is 2.53. The number of nitrogens with one attached hydrogen (secondary N) is 1. The van der Waals surface area contributed by atoms with Crippen molar-refractivity contribution in [3.05, 3.63) is 46.7 Å². The molecule has 0 aliphatic heterocycles. The first-order chi connectivity index (χ1) is 8.60. The second kappa shape index (κ2) is 5.63. The molecule has 1 aromatic carbocycles. The van der Waals surface area contributed by atoms with Crippen LogP contribution in [0.25, 0.3) is 0 Å². The molecule has 3 nitrogen and oxygen atoms in total. The summed E-state index contributed by atoms with van der Waals surface area (Å²) >= 11 is 5.00. The summed E-state index contributed by atoms with van der Waals surface area (Å²) in [4.78, 5) is 13.2. The Labute approximate surface area is 119 Å². The van der Waals surface area contributed by atoms with Gasteiger partial charge in [0, 0.05) is 28.3 Å². The van der Waals surface area contributed by atoms with Crippen LogP contribution in [0.15, 0.2) is 45.9 Å². The van der Waals surface area contributed by atoms with Crippen LogP contribution in [0.1, 0.15) is 10.5 Å². The lowest BCUT2D eigenvalue weighted by atomic mass is 10.3. The highest BCUT2D eigenvalue weighted by molar-refractivity contribution is 9.10. The van der Waals surface area contributed by atoms with E-state index >= 15 is 0 Å². The molecule has 0 atom stereocenters.